The lowest BCUT2D eigenvalue weighted by molar-refractivity contribution is -0.136. The number of piperidine rings is 1. The highest BCUT2D eigenvalue weighted by Gasteiger charge is 2.38. The molecule has 33 heavy (non-hydrogen) atoms. The van der Waals surface area contributed by atoms with Crippen LogP contribution in [0.4, 0.5) is 5.69 Å². The first-order valence-corrected chi connectivity index (χ1v) is 12.2. The minimum Gasteiger partial charge on any atom is -0.342 e. The van der Waals surface area contributed by atoms with Crippen molar-refractivity contribution in [2.45, 2.75) is 51.4 Å². The number of unbranched alkanes of at least 4 members (excludes halogenated alkanes) is 1. The number of carbonyl (C=O) groups excluding carboxylic acids is 2. The van der Waals surface area contributed by atoms with Gasteiger partial charge in [-0.05, 0) is 55.5 Å². The molecule has 1 aromatic heterocycles. The van der Waals surface area contributed by atoms with E-state index in [-0.39, 0.29) is 17.7 Å². The molecule has 2 amide bonds. The lowest BCUT2D eigenvalue weighted by Crippen LogP contribution is -2.42. The Morgan fingerprint density at radius 1 is 1.09 bits per heavy atom. The van der Waals surface area contributed by atoms with Crippen molar-refractivity contribution >= 4 is 28.5 Å². The lowest BCUT2D eigenvalue weighted by atomic mass is 9.95. The average Bonchev–Trinajstić information content (AvgIpc) is 3.46. The first kappa shape index (κ1) is 21.7. The van der Waals surface area contributed by atoms with E-state index in [4.69, 9.17) is 4.98 Å². The van der Waals surface area contributed by atoms with E-state index in [1.54, 1.807) is 4.90 Å². The zero-order valence-electron chi connectivity index (χ0n) is 19.3. The molecule has 2 fully saturated rings. The number of H-pyrrole nitrogens is 1. The van der Waals surface area contributed by atoms with Gasteiger partial charge in [-0.25, -0.2) is 4.98 Å². The predicted octanol–water partition coefficient (Wildman–Crippen LogP) is 4.66. The van der Waals surface area contributed by atoms with E-state index in [2.05, 4.69) is 24.0 Å². The van der Waals surface area contributed by atoms with Crippen LogP contribution < -0.4 is 4.90 Å². The Balaban J connectivity index is 1.18. The Bertz CT molecular complexity index is 1100. The number of nitrogens with zero attached hydrogens (tertiary/aromatic N) is 3. The molecular weight excluding hydrogens is 412 g/mol. The largest absolute Gasteiger partial charge is 0.342 e. The Morgan fingerprint density at radius 2 is 1.85 bits per heavy atom. The molecule has 0 aliphatic carbocycles. The summed E-state index contributed by atoms with van der Waals surface area (Å²) >= 11 is 0. The average molecular weight is 445 g/mol. The second kappa shape index (κ2) is 9.38. The van der Waals surface area contributed by atoms with Crippen molar-refractivity contribution in [2.24, 2.45) is 5.92 Å². The molecule has 6 nitrogen and oxygen atoms in total. The van der Waals surface area contributed by atoms with E-state index in [1.807, 2.05) is 41.3 Å². The van der Waals surface area contributed by atoms with E-state index >= 15 is 0 Å². The lowest BCUT2D eigenvalue weighted by Gasteiger charge is -2.32. The summed E-state index contributed by atoms with van der Waals surface area (Å²) in [6, 6.07) is 16.3. The summed E-state index contributed by atoms with van der Waals surface area (Å²) in [4.78, 5) is 37.8. The molecule has 3 aromatic rings. The third kappa shape index (κ3) is 4.52. The Morgan fingerprint density at radius 3 is 2.58 bits per heavy atom. The number of aromatic nitrogens is 2. The number of aryl methyl sites for hydroxylation is 1. The molecule has 5 rings (SSSR count). The van der Waals surface area contributed by atoms with Crippen molar-refractivity contribution in [2.75, 3.05) is 24.5 Å². The maximum atomic E-state index is 13.2. The van der Waals surface area contributed by atoms with Gasteiger partial charge >= 0.3 is 0 Å². The number of imidazole rings is 1. The molecule has 3 heterocycles. The number of likely N-dealkylation sites (tertiary alicyclic amines) is 1. The van der Waals surface area contributed by atoms with E-state index in [9.17, 15) is 9.59 Å². The highest BCUT2D eigenvalue weighted by Crippen LogP contribution is 2.31. The van der Waals surface area contributed by atoms with Gasteiger partial charge in [0, 0.05) is 37.7 Å². The molecular formula is C27H32N4O2. The summed E-state index contributed by atoms with van der Waals surface area (Å²) < 4.78 is 0. The molecule has 1 N–H and O–H groups in total. The van der Waals surface area contributed by atoms with Crippen LogP contribution in [-0.2, 0) is 16.0 Å². The molecule has 2 aromatic carbocycles. The number of carbonyl (C=O) groups is 2. The molecule has 172 valence electrons. The SMILES string of the molecule is CCCCc1ccc(N2CC(C(=O)N3CCC(c4nc5ccccc5[nH]4)CC3)CC2=O)cc1. The summed E-state index contributed by atoms with van der Waals surface area (Å²) in [6.07, 6.45) is 5.51. The van der Waals surface area contributed by atoms with Crippen molar-refractivity contribution in [3.8, 4) is 0 Å². The third-order valence-corrected chi connectivity index (χ3v) is 7.14. The molecule has 0 radical (unpaired) electrons. The first-order chi connectivity index (χ1) is 16.1. The number of nitrogens with one attached hydrogen (secondary N) is 1. The van der Waals surface area contributed by atoms with Crippen LogP contribution in [0.3, 0.4) is 0 Å². The smallest absolute Gasteiger partial charge is 0.228 e. The number of para-hydroxylation sites is 2. The fourth-order valence-corrected chi connectivity index (χ4v) is 5.14. The van der Waals surface area contributed by atoms with Crippen LogP contribution in [0.1, 0.15) is 56.3 Å². The number of fused-ring (bicyclic) bond motifs is 1. The summed E-state index contributed by atoms with van der Waals surface area (Å²) in [5, 5.41) is 0. The molecule has 2 saturated heterocycles. The van der Waals surface area contributed by atoms with E-state index < -0.39 is 0 Å². The van der Waals surface area contributed by atoms with E-state index in [0.717, 1.165) is 54.9 Å². The Labute approximate surface area is 195 Å². The van der Waals surface area contributed by atoms with Gasteiger partial charge in [0.2, 0.25) is 11.8 Å². The Kier molecular flexibility index (Phi) is 6.16. The zero-order chi connectivity index (χ0) is 22.8. The molecule has 0 bridgehead atoms. The number of rotatable bonds is 6. The van der Waals surface area contributed by atoms with Crippen LogP contribution >= 0.6 is 0 Å². The number of amides is 2. The third-order valence-electron chi connectivity index (χ3n) is 7.14. The van der Waals surface area contributed by atoms with Crippen molar-refractivity contribution in [1.29, 1.82) is 0 Å². The zero-order valence-corrected chi connectivity index (χ0v) is 19.3. The summed E-state index contributed by atoms with van der Waals surface area (Å²) in [5.41, 5.74) is 4.26. The molecule has 6 heteroatoms. The molecule has 2 aliphatic heterocycles. The van der Waals surface area contributed by atoms with Gasteiger partial charge < -0.3 is 14.8 Å². The first-order valence-electron chi connectivity index (χ1n) is 12.2. The molecule has 2 aliphatic rings. The fourth-order valence-electron chi connectivity index (χ4n) is 5.14. The monoisotopic (exact) mass is 444 g/mol. The van der Waals surface area contributed by atoms with Crippen LogP contribution in [-0.4, -0.2) is 46.3 Å². The van der Waals surface area contributed by atoms with Crippen LogP contribution in [0.15, 0.2) is 48.5 Å². The molecule has 1 unspecified atom stereocenters. The van der Waals surface area contributed by atoms with Crippen molar-refractivity contribution in [3.05, 3.63) is 59.9 Å². The fraction of sp³-hybridized carbons (Fsp3) is 0.444. The number of hydrogen-bond donors (Lipinski definition) is 1. The highest BCUT2D eigenvalue weighted by atomic mass is 16.2. The summed E-state index contributed by atoms with van der Waals surface area (Å²) in [7, 11) is 0. The number of benzene rings is 2. The number of anilines is 1. The predicted molar refractivity (Wildman–Crippen MR) is 130 cm³/mol. The quantitative estimate of drug-likeness (QED) is 0.601. The van der Waals surface area contributed by atoms with Gasteiger partial charge in [0.25, 0.3) is 0 Å². The van der Waals surface area contributed by atoms with Gasteiger partial charge in [-0.1, -0.05) is 37.6 Å². The van der Waals surface area contributed by atoms with Crippen LogP contribution in [0.5, 0.6) is 0 Å². The van der Waals surface area contributed by atoms with Gasteiger partial charge in [0.05, 0.1) is 17.0 Å². The standard InChI is InChI=1S/C27H32N4O2/c1-2-3-6-19-9-11-22(12-10-19)31-18-21(17-25(31)32)27(33)30-15-13-20(14-16-30)26-28-23-7-4-5-8-24(23)29-26/h4-5,7-12,20-21H,2-3,6,13-18H2,1H3,(H,28,29). The normalized spacial score (nSPS) is 19.5. The second-order valence-corrected chi connectivity index (χ2v) is 9.41. The van der Waals surface area contributed by atoms with Crippen molar-refractivity contribution in [3.63, 3.8) is 0 Å². The number of aromatic amines is 1. The number of hydrogen-bond acceptors (Lipinski definition) is 3. The molecule has 0 saturated carbocycles. The Hall–Kier alpha value is -3.15. The topological polar surface area (TPSA) is 69.3 Å². The maximum Gasteiger partial charge on any atom is 0.228 e. The van der Waals surface area contributed by atoms with Crippen LogP contribution in [0.2, 0.25) is 0 Å². The van der Waals surface area contributed by atoms with Crippen LogP contribution in [0.25, 0.3) is 11.0 Å². The maximum absolute atomic E-state index is 13.2. The van der Waals surface area contributed by atoms with Gasteiger partial charge in [-0.2, -0.15) is 0 Å². The van der Waals surface area contributed by atoms with Gasteiger partial charge in [0.15, 0.2) is 0 Å². The highest BCUT2D eigenvalue weighted by molar-refractivity contribution is 6.00. The second-order valence-electron chi connectivity index (χ2n) is 9.41. The van der Waals surface area contributed by atoms with Gasteiger partial charge in [-0.3, -0.25) is 9.59 Å². The summed E-state index contributed by atoms with van der Waals surface area (Å²) in [6.45, 7) is 4.11. The van der Waals surface area contributed by atoms with Gasteiger partial charge in [-0.15, -0.1) is 0 Å². The minimum atomic E-state index is -0.250. The van der Waals surface area contributed by atoms with E-state index in [1.165, 1.54) is 18.4 Å². The molecule has 1 atom stereocenters. The molecule has 0 spiro atoms. The van der Waals surface area contributed by atoms with Crippen LogP contribution in [0, 0.1) is 5.92 Å². The van der Waals surface area contributed by atoms with Crippen molar-refractivity contribution < 1.29 is 9.59 Å². The minimum absolute atomic E-state index is 0.0480. The van der Waals surface area contributed by atoms with E-state index in [0.29, 0.717) is 18.9 Å². The van der Waals surface area contributed by atoms with Gasteiger partial charge in [0.1, 0.15) is 5.82 Å². The summed E-state index contributed by atoms with van der Waals surface area (Å²) in [5.74, 6) is 1.28. The van der Waals surface area contributed by atoms with Crippen molar-refractivity contribution in [1.82, 2.24) is 14.9 Å².